The monoisotopic (exact) mass is 412 g/mol. The van der Waals surface area contributed by atoms with Gasteiger partial charge in [-0.2, -0.15) is 0 Å². The summed E-state index contributed by atoms with van der Waals surface area (Å²) < 4.78 is 10.6. The average molecular weight is 412 g/mol. The molecule has 0 aromatic heterocycles. The fourth-order valence-corrected chi connectivity index (χ4v) is 4.39. The molecule has 2 unspecified atom stereocenters. The zero-order chi connectivity index (χ0) is 22.0. The normalized spacial score (nSPS) is 22.2. The molecule has 8 nitrogen and oxygen atoms in total. The van der Waals surface area contributed by atoms with Crippen LogP contribution in [0.1, 0.15) is 62.4 Å². The summed E-state index contributed by atoms with van der Waals surface area (Å²) in [5.74, 6) is -2.77. The van der Waals surface area contributed by atoms with E-state index in [-0.39, 0.29) is 52.0 Å². The maximum atomic E-state index is 13.3. The van der Waals surface area contributed by atoms with E-state index in [9.17, 15) is 29.7 Å². The van der Waals surface area contributed by atoms with E-state index in [2.05, 4.69) is 0 Å². The lowest BCUT2D eigenvalue weighted by atomic mass is 9.72. The van der Waals surface area contributed by atoms with Crippen molar-refractivity contribution in [1.29, 1.82) is 0 Å². The molecule has 0 saturated heterocycles. The average Bonchev–Trinajstić information content (AvgIpc) is 2.73. The van der Waals surface area contributed by atoms with Gasteiger partial charge in [-0.3, -0.25) is 14.4 Å². The number of aliphatic hydroxyl groups is 1. The molecule has 30 heavy (non-hydrogen) atoms. The minimum absolute atomic E-state index is 0.00262. The van der Waals surface area contributed by atoms with Crippen molar-refractivity contribution < 1.29 is 39.2 Å². The molecule has 2 aromatic carbocycles. The molecule has 2 atom stereocenters. The van der Waals surface area contributed by atoms with Crippen LogP contribution in [0.25, 0.3) is 0 Å². The van der Waals surface area contributed by atoms with Crippen LogP contribution in [0, 0.1) is 0 Å². The molecule has 0 heterocycles. The molecule has 0 bridgehead atoms. The van der Waals surface area contributed by atoms with Crippen LogP contribution in [0.2, 0.25) is 0 Å². The van der Waals surface area contributed by atoms with Gasteiger partial charge in [0.2, 0.25) is 5.78 Å². The first kappa shape index (κ1) is 20.1. The predicted molar refractivity (Wildman–Crippen MR) is 103 cm³/mol. The smallest absolute Gasteiger partial charge is 0.202 e. The topological polar surface area (TPSA) is 130 Å². The lowest BCUT2D eigenvalue weighted by molar-refractivity contribution is -0.140. The lowest BCUT2D eigenvalue weighted by Gasteiger charge is -2.37. The second-order valence-corrected chi connectivity index (χ2v) is 7.57. The largest absolute Gasteiger partial charge is 0.507 e. The maximum Gasteiger partial charge on any atom is 0.202 e. The van der Waals surface area contributed by atoms with E-state index in [0.29, 0.717) is 0 Å². The Morgan fingerprint density at radius 3 is 2.33 bits per heavy atom. The molecule has 2 aliphatic rings. The Labute approximate surface area is 171 Å². The first-order valence-electron chi connectivity index (χ1n) is 9.29. The number of ketones is 3. The number of phenols is 2. The first-order valence-corrected chi connectivity index (χ1v) is 9.29. The van der Waals surface area contributed by atoms with Gasteiger partial charge in [-0.1, -0.05) is 12.1 Å². The number of hydrogen-bond donors (Lipinski definition) is 3. The Hall–Kier alpha value is -3.23. The highest BCUT2D eigenvalue weighted by molar-refractivity contribution is 6.31. The van der Waals surface area contributed by atoms with Crippen molar-refractivity contribution in [2.24, 2.45) is 0 Å². The SMILES string of the molecule is COc1cccc2c1C(=O)c1c(O)c3c(c(O)c1C2=O)CC(O)(C(C)=O)CC3OC. The van der Waals surface area contributed by atoms with Crippen molar-refractivity contribution in [2.45, 2.75) is 31.5 Å². The molecule has 2 aromatic rings. The van der Waals surface area contributed by atoms with E-state index in [1.807, 2.05) is 0 Å². The van der Waals surface area contributed by atoms with Gasteiger partial charge in [-0.05, 0) is 13.0 Å². The van der Waals surface area contributed by atoms with Gasteiger partial charge in [0.1, 0.15) is 22.8 Å². The third-order valence-corrected chi connectivity index (χ3v) is 6.02. The quantitative estimate of drug-likeness (QED) is 0.556. The third-order valence-electron chi connectivity index (χ3n) is 6.02. The minimum atomic E-state index is -1.84. The number of methoxy groups -OCH3 is 2. The van der Waals surface area contributed by atoms with Crippen molar-refractivity contribution in [1.82, 2.24) is 0 Å². The summed E-state index contributed by atoms with van der Waals surface area (Å²) in [6.45, 7) is 1.21. The number of benzene rings is 2. The summed E-state index contributed by atoms with van der Waals surface area (Å²) in [4.78, 5) is 38.5. The first-order chi connectivity index (χ1) is 14.2. The van der Waals surface area contributed by atoms with Crippen LogP contribution in [0.15, 0.2) is 18.2 Å². The number of aromatic hydroxyl groups is 2. The van der Waals surface area contributed by atoms with Gasteiger partial charge in [0.25, 0.3) is 0 Å². The van der Waals surface area contributed by atoms with E-state index in [0.717, 1.165) is 0 Å². The van der Waals surface area contributed by atoms with Gasteiger partial charge in [-0.25, -0.2) is 0 Å². The van der Waals surface area contributed by atoms with Crippen LogP contribution in [0.5, 0.6) is 17.2 Å². The molecule has 4 rings (SSSR count). The highest BCUT2D eigenvalue weighted by Gasteiger charge is 2.47. The van der Waals surface area contributed by atoms with Crippen molar-refractivity contribution in [2.75, 3.05) is 14.2 Å². The number of rotatable bonds is 3. The second kappa shape index (κ2) is 6.65. The molecular weight excluding hydrogens is 392 g/mol. The Bertz CT molecular complexity index is 1130. The number of ether oxygens (including phenoxy) is 2. The van der Waals surface area contributed by atoms with E-state index in [4.69, 9.17) is 9.47 Å². The summed E-state index contributed by atoms with van der Waals surface area (Å²) in [6, 6.07) is 4.49. The molecule has 0 fully saturated rings. The third kappa shape index (κ3) is 2.50. The molecule has 0 aliphatic heterocycles. The molecule has 8 heteroatoms. The molecular formula is C22H20O8. The van der Waals surface area contributed by atoms with Gasteiger partial charge in [0.05, 0.1) is 29.9 Å². The van der Waals surface area contributed by atoms with Gasteiger partial charge in [-0.15, -0.1) is 0 Å². The van der Waals surface area contributed by atoms with Gasteiger partial charge >= 0.3 is 0 Å². The Kier molecular flexibility index (Phi) is 4.44. The molecule has 156 valence electrons. The van der Waals surface area contributed by atoms with Crippen molar-refractivity contribution >= 4 is 17.3 Å². The summed E-state index contributed by atoms with van der Waals surface area (Å²) in [7, 11) is 2.68. The van der Waals surface area contributed by atoms with Crippen LogP contribution in [-0.2, 0) is 16.0 Å². The number of Topliss-reactive ketones (excluding diaryl/α,β-unsaturated/α-hetero) is 1. The number of carbonyl (C=O) groups is 3. The summed E-state index contributed by atoms with van der Waals surface area (Å²) in [6.07, 6.45) is -1.46. The lowest BCUT2D eigenvalue weighted by Crippen LogP contribution is -2.44. The molecule has 0 spiro atoms. The fourth-order valence-electron chi connectivity index (χ4n) is 4.39. The van der Waals surface area contributed by atoms with E-state index in [1.165, 1.54) is 33.3 Å². The Balaban J connectivity index is 2.05. The molecule has 3 N–H and O–H groups in total. The minimum Gasteiger partial charge on any atom is -0.507 e. The zero-order valence-corrected chi connectivity index (χ0v) is 16.6. The molecule has 0 amide bonds. The molecule has 2 aliphatic carbocycles. The molecule has 0 radical (unpaired) electrons. The van der Waals surface area contributed by atoms with Gasteiger partial charge in [0.15, 0.2) is 11.6 Å². The van der Waals surface area contributed by atoms with Crippen LogP contribution >= 0.6 is 0 Å². The number of fused-ring (bicyclic) bond motifs is 3. The summed E-state index contributed by atoms with van der Waals surface area (Å²) in [5, 5.41) is 32.8. The zero-order valence-electron chi connectivity index (χ0n) is 16.6. The number of phenolic OH excluding ortho intramolecular Hbond substituents is 2. The summed E-state index contributed by atoms with van der Waals surface area (Å²) in [5.41, 5.74) is -2.43. The van der Waals surface area contributed by atoms with E-state index >= 15 is 0 Å². The van der Waals surface area contributed by atoms with Crippen LogP contribution < -0.4 is 4.74 Å². The van der Waals surface area contributed by atoms with Crippen LogP contribution in [-0.4, -0.2) is 52.5 Å². The Morgan fingerprint density at radius 1 is 1.07 bits per heavy atom. The molecule has 0 saturated carbocycles. The second-order valence-electron chi connectivity index (χ2n) is 7.57. The standard InChI is InChI=1S/C22H20O8/c1-9(23)22(28)7-11-15(13(8-22)30-3)21(27)17-16(19(11)25)18(24)10-5-4-6-12(29-2)14(10)20(17)26/h4-6,13,25,27-28H,7-8H2,1-3H3. The number of hydrogen-bond acceptors (Lipinski definition) is 8. The predicted octanol–water partition coefficient (Wildman–Crippen LogP) is 1.84. The summed E-state index contributed by atoms with van der Waals surface area (Å²) >= 11 is 0. The van der Waals surface area contributed by atoms with Crippen molar-refractivity contribution in [3.8, 4) is 17.2 Å². The van der Waals surface area contributed by atoms with Crippen LogP contribution in [0.3, 0.4) is 0 Å². The van der Waals surface area contributed by atoms with Gasteiger partial charge in [0, 0.05) is 36.6 Å². The van der Waals surface area contributed by atoms with Gasteiger partial charge < -0.3 is 24.8 Å². The number of carbonyl (C=O) groups excluding carboxylic acids is 3. The highest BCUT2D eigenvalue weighted by Crippen LogP contribution is 2.51. The highest BCUT2D eigenvalue weighted by atomic mass is 16.5. The Morgan fingerprint density at radius 2 is 1.73 bits per heavy atom. The van der Waals surface area contributed by atoms with E-state index in [1.54, 1.807) is 6.07 Å². The fraction of sp³-hybridized carbons (Fsp3) is 0.318. The van der Waals surface area contributed by atoms with Crippen LogP contribution in [0.4, 0.5) is 0 Å². The maximum absolute atomic E-state index is 13.3. The van der Waals surface area contributed by atoms with Crippen molar-refractivity contribution in [3.63, 3.8) is 0 Å². The van der Waals surface area contributed by atoms with Crippen molar-refractivity contribution in [3.05, 3.63) is 51.6 Å². The van der Waals surface area contributed by atoms with E-state index < -0.39 is 40.6 Å².